The molecule has 3 aromatic carbocycles. The van der Waals surface area contributed by atoms with Gasteiger partial charge in [0, 0.05) is 0 Å². The molecule has 140 valence electrons. The fraction of sp³-hybridized carbons (Fsp3) is 0.0476. The largest absolute Gasteiger partial charge is 0.477 e. The Morgan fingerprint density at radius 1 is 0.714 bits per heavy atom. The highest BCUT2D eigenvalue weighted by Crippen LogP contribution is 2.33. The van der Waals surface area contributed by atoms with Crippen molar-refractivity contribution in [2.45, 2.75) is 4.90 Å². The molecule has 28 heavy (non-hydrogen) atoms. The third-order valence-electron chi connectivity index (χ3n) is 4.36. The maximum absolute atomic E-state index is 12.9. The first-order valence-corrected chi connectivity index (χ1v) is 10.1. The van der Waals surface area contributed by atoms with Gasteiger partial charge in [-0.3, -0.25) is 9.59 Å². The van der Waals surface area contributed by atoms with Crippen LogP contribution in [0.5, 0.6) is 5.75 Å². The second-order valence-corrected chi connectivity index (χ2v) is 8.05. The van der Waals surface area contributed by atoms with E-state index in [1.54, 1.807) is 60.7 Å². The smallest absolute Gasteiger partial charge is 0.266 e. The lowest BCUT2D eigenvalue weighted by molar-refractivity contribution is 0.0925. The summed E-state index contributed by atoms with van der Waals surface area (Å²) in [6.45, 7) is 0. The number of fused-ring (bicyclic) bond motifs is 1. The van der Waals surface area contributed by atoms with E-state index in [-0.39, 0.29) is 21.7 Å². The molecular formula is C21H15NO5S. The Labute approximate surface area is 161 Å². The van der Waals surface area contributed by atoms with Crippen molar-refractivity contribution in [3.63, 3.8) is 0 Å². The van der Waals surface area contributed by atoms with Crippen molar-refractivity contribution in [3.8, 4) is 5.75 Å². The molecule has 3 aromatic rings. The van der Waals surface area contributed by atoms with Crippen molar-refractivity contribution < 1.29 is 22.7 Å². The molecule has 1 heterocycles. The SMILES string of the molecule is O=C1c2ccccc2C(=O)N1c1ccccc1S(=O)(=O)COc1ccccc1. The minimum Gasteiger partial charge on any atom is -0.477 e. The number of ether oxygens (including phenoxy) is 1. The molecule has 1 aliphatic heterocycles. The summed E-state index contributed by atoms with van der Waals surface area (Å²) in [4.78, 5) is 26.3. The van der Waals surface area contributed by atoms with E-state index in [4.69, 9.17) is 4.74 Å². The zero-order valence-electron chi connectivity index (χ0n) is 14.6. The summed E-state index contributed by atoms with van der Waals surface area (Å²) in [6.07, 6.45) is 0. The molecule has 0 fully saturated rings. The van der Waals surface area contributed by atoms with Crippen molar-refractivity contribution in [3.05, 3.63) is 90.0 Å². The van der Waals surface area contributed by atoms with E-state index in [2.05, 4.69) is 0 Å². The van der Waals surface area contributed by atoms with Gasteiger partial charge in [-0.15, -0.1) is 0 Å². The quantitative estimate of drug-likeness (QED) is 0.622. The number of hydrogen-bond acceptors (Lipinski definition) is 5. The van der Waals surface area contributed by atoms with Gasteiger partial charge in [-0.1, -0.05) is 42.5 Å². The van der Waals surface area contributed by atoms with Gasteiger partial charge < -0.3 is 4.74 Å². The molecule has 0 radical (unpaired) electrons. The summed E-state index contributed by atoms with van der Waals surface area (Å²) in [5.41, 5.74) is 0.519. The molecule has 0 saturated heterocycles. The van der Waals surface area contributed by atoms with Crippen LogP contribution >= 0.6 is 0 Å². The minimum absolute atomic E-state index is 0.0189. The van der Waals surface area contributed by atoms with E-state index in [0.29, 0.717) is 5.75 Å². The van der Waals surface area contributed by atoms with Crippen molar-refractivity contribution in [2.75, 3.05) is 10.8 Å². The Hall–Kier alpha value is -3.45. The first-order chi connectivity index (χ1) is 13.5. The average molecular weight is 393 g/mol. The fourth-order valence-corrected chi connectivity index (χ4v) is 4.22. The molecule has 2 amide bonds. The first-order valence-electron chi connectivity index (χ1n) is 8.46. The summed E-state index contributed by atoms with van der Waals surface area (Å²) in [5, 5.41) is 0. The van der Waals surface area contributed by atoms with Crippen LogP contribution in [-0.2, 0) is 9.84 Å². The Bertz CT molecular complexity index is 1140. The van der Waals surface area contributed by atoms with Gasteiger partial charge in [-0.25, -0.2) is 13.3 Å². The lowest BCUT2D eigenvalue weighted by Gasteiger charge is -2.18. The number of carbonyl (C=O) groups is 2. The summed E-state index contributed by atoms with van der Waals surface area (Å²) in [5.74, 6) is -1.30. The lowest BCUT2D eigenvalue weighted by Crippen LogP contribution is -2.31. The van der Waals surface area contributed by atoms with Crippen molar-refractivity contribution in [1.82, 2.24) is 0 Å². The second kappa shape index (κ2) is 6.94. The maximum atomic E-state index is 12.9. The van der Waals surface area contributed by atoms with E-state index in [0.717, 1.165) is 4.90 Å². The van der Waals surface area contributed by atoms with Gasteiger partial charge in [0.2, 0.25) is 9.84 Å². The zero-order chi connectivity index (χ0) is 19.7. The zero-order valence-corrected chi connectivity index (χ0v) is 15.4. The summed E-state index contributed by atoms with van der Waals surface area (Å²) in [6, 6.07) is 20.9. The van der Waals surface area contributed by atoms with E-state index < -0.39 is 27.6 Å². The number of rotatable bonds is 5. The van der Waals surface area contributed by atoms with Gasteiger partial charge in [0.25, 0.3) is 11.8 Å². The number of anilines is 1. The molecule has 1 aliphatic rings. The molecular weight excluding hydrogens is 378 g/mol. The average Bonchev–Trinajstić information content (AvgIpc) is 2.98. The minimum atomic E-state index is -3.93. The monoisotopic (exact) mass is 393 g/mol. The Morgan fingerprint density at radius 3 is 1.89 bits per heavy atom. The molecule has 0 aromatic heterocycles. The maximum Gasteiger partial charge on any atom is 0.266 e. The lowest BCUT2D eigenvalue weighted by atomic mass is 10.1. The number of para-hydroxylation sites is 2. The van der Waals surface area contributed by atoms with E-state index in [1.807, 2.05) is 0 Å². The fourth-order valence-electron chi connectivity index (χ4n) is 3.04. The van der Waals surface area contributed by atoms with Gasteiger partial charge in [-0.2, -0.15) is 0 Å². The highest BCUT2D eigenvalue weighted by Gasteiger charge is 2.38. The van der Waals surface area contributed by atoms with Crippen LogP contribution in [0.3, 0.4) is 0 Å². The third-order valence-corrected chi connectivity index (χ3v) is 5.80. The molecule has 0 bridgehead atoms. The molecule has 6 nitrogen and oxygen atoms in total. The molecule has 0 unspecified atom stereocenters. The predicted molar refractivity (Wildman–Crippen MR) is 103 cm³/mol. The Kier molecular flexibility index (Phi) is 4.44. The van der Waals surface area contributed by atoms with Crippen LogP contribution in [-0.4, -0.2) is 26.2 Å². The number of sulfone groups is 1. The molecule has 7 heteroatoms. The van der Waals surface area contributed by atoms with Crippen LogP contribution in [0.2, 0.25) is 0 Å². The van der Waals surface area contributed by atoms with Crippen LogP contribution < -0.4 is 9.64 Å². The highest BCUT2D eigenvalue weighted by atomic mass is 32.2. The molecule has 0 atom stereocenters. The van der Waals surface area contributed by atoms with Crippen molar-refractivity contribution in [2.24, 2.45) is 0 Å². The summed E-state index contributed by atoms with van der Waals surface area (Å²) >= 11 is 0. The number of nitrogens with zero attached hydrogens (tertiary/aromatic N) is 1. The van der Waals surface area contributed by atoms with E-state index in [9.17, 15) is 18.0 Å². The van der Waals surface area contributed by atoms with Crippen LogP contribution in [0.15, 0.2) is 83.8 Å². The normalized spacial score (nSPS) is 13.5. The predicted octanol–water partition coefficient (Wildman–Crippen LogP) is 3.30. The van der Waals surface area contributed by atoms with Gasteiger partial charge >= 0.3 is 0 Å². The van der Waals surface area contributed by atoms with Crippen molar-refractivity contribution >= 4 is 27.3 Å². The number of amides is 2. The molecule has 4 rings (SSSR count). The first kappa shape index (κ1) is 17.9. The van der Waals surface area contributed by atoms with E-state index >= 15 is 0 Å². The van der Waals surface area contributed by atoms with Crippen LogP contribution in [0.25, 0.3) is 0 Å². The van der Waals surface area contributed by atoms with Gasteiger partial charge in [0.1, 0.15) is 5.75 Å². The van der Waals surface area contributed by atoms with Crippen LogP contribution in [0, 0.1) is 0 Å². The number of benzene rings is 3. The summed E-state index contributed by atoms with van der Waals surface area (Å²) < 4.78 is 31.2. The number of hydrogen-bond donors (Lipinski definition) is 0. The molecule has 0 spiro atoms. The van der Waals surface area contributed by atoms with Crippen LogP contribution in [0.1, 0.15) is 20.7 Å². The standard InChI is InChI=1S/C21H15NO5S/c23-20-16-10-4-5-11-17(16)21(24)22(20)18-12-6-7-13-19(18)28(25,26)14-27-15-8-2-1-3-9-15/h1-13H,14H2. The highest BCUT2D eigenvalue weighted by molar-refractivity contribution is 7.91. The Morgan fingerprint density at radius 2 is 1.25 bits per heavy atom. The second-order valence-electron chi connectivity index (χ2n) is 6.15. The van der Waals surface area contributed by atoms with Crippen LogP contribution in [0.4, 0.5) is 5.69 Å². The van der Waals surface area contributed by atoms with Crippen molar-refractivity contribution in [1.29, 1.82) is 0 Å². The molecule has 0 saturated carbocycles. The number of imide groups is 1. The number of carbonyl (C=O) groups excluding carboxylic acids is 2. The molecule has 0 aliphatic carbocycles. The van der Waals surface area contributed by atoms with Gasteiger partial charge in [0.05, 0.1) is 21.7 Å². The van der Waals surface area contributed by atoms with Gasteiger partial charge in [-0.05, 0) is 36.4 Å². The Balaban J connectivity index is 1.70. The summed E-state index contributed by atoms with van der Waals surface area (Å²) in [7, 11) is -3.93. The van der Waals surface area contributed by atoms with E-state index in [1.165, 1.54) is 18.2 Å². The molecule has 0 N–H and O–H groups in total. The van der Waals surface area contributed by atoms with Gasteiger partial charge in [0.15, 0.2) is 5.94 Å². The topological polar surface area (TPSA) is 80.8 Å². The third kappa shape index (κ3) is 3.05.